The van der Waals surface area contributed by atoms with Gasteiger partial charge in [-0.1, -0.05) is 0 Å². The molecule has 1 aromatic carbocycles. The average Bonchev–Trinajstić information content (AvgIpc) is 2.92. The molecule has 0 spiro atoms. The summed E-state index contributed by atoms with van der Waals surface area (Å²) in [6.45, 7) is 6.11. The summed E-state index contributed by atoms with van der Waals surface area (Å²) in [6, 6.07) is 6.11. The zero-order valence-electron chi connectivity index (χ0n) is 14.8. The first-order valence-electron chi connectivity index (χ1n) is 7.85. The zero-order valence-corrected chi connectivity index (χ0v) is 17.2. The van der Waals surface area contributed by atoms with Gasteiger partial charge in [0.1, 0.15) is 11.6 Å². The lowest BCUT2D eigenvalue weighted by Crippen LogP contribution is -2.08. The van der Waals surface area contributed by atoms with Crippen LogP contribution in [0.3, 0.4) is 0 Å². The number of methoxy groups -OCH3 is 2. The first kappa shape index (κ1) is 17.9. The maximum Gasteiger partial charge on any atom is 0.162 e. The lowest BCUT2D eigenvalue weighted by molar-refractivity contribution is 0.356. The second kappa shape index (κ2) is 7.17. The van der Waals surface area contributed by atoms with Crippen LogP contribution < -0.4 is 14.8 Å². The van der Waals surface area contributed by atoms with E-state index in [2.05, 4.69) is 51.1 Å². The van der Waals surface area contributed by atoms with Crippen molar-refractivity contribution < 1.29 is 9.47 Å². The standard InChI is InChI=1S/C18H20BrN3O2S/c1-9-6-16(25-17(9)19)10(2)20-18-12-7-14(23-4)15(24-5)8-13(12)21-11(3)22-18/h6-8,10H,1-5H3,(H,20,21,22). The Hall–Kier alpha value is -1.86. The largest absolute Gasteiger partial charge is 0.493 e. The molecule has 1 atom stereocenters. The smallest absolute Gasteiger partial charge is 0.162 e. The predicted octanol–water partition coefficient (Wildman–Crippen LogP) is 5.26. The third-order valence-corrected chi connectivity index (χ3v) is 6.29. The number of fused-ring (bicyclic) bond motifs is 1. The predicted molar refractivity (Wildman–Crippen MR) is 106 cm³/mol. The molecule has 132 valence electrons. The molecule has 0 fully saturated rings. The lowest BCUT2D eigenvalue weighted by Gasteiger charge is -2.16. The van der Waals surface area contributed by atoms with E-state index in [4.69, 9.17) is 9.47 Å². The van der Waals surface area contributed by atoms with E-state index >= 15 is 0 Å². The molecule has 2 heterocycles. The van der Waals surface area contributed by atoms with Crippen molar-refractivity contribution in [3.05, 3.63) is 38.3 Å². The Bertz CT molecular complexity index is 907. The van der Waals surface area contributed by atoms with Crippen LogP contribution in [-0.2, 0) is 0 Å². The van der Waals surface area contributed by atoms with E-state index < -0.39 is 0 Å². The molecule has 25 heavy (non-hydrogen) atoms. The Kier molecular flexibility index (Phi) is 5.15. The third-order valence-electron chi connectivity index (χ3n) is 3.97. The topological polar surface area (TPSA) is 56.3 Å². The Balaban J connectivity index is 2.05. The summed E-state index contributed by atoms with van der Waals surface area (Å²) in [6.07, 6.45) is 0. The van der Waals surface area contributed by atoms with Gasteiger partial charge in [-0.3, -0.25) is 0 Å². The van der Waals surface area contributed by atoms with Crippen LogP contribution in [0.25, 0.3) is 10.9 Å². The van der Waals surface area contributed by atoms with Gasteiger partial charge < -0.3 is 14.8 Å². The number of ether oxygens (including phenoxy) is 2. The Morgan fingerprint density at radius 1 is 1.08 bits per heavy atom. The molecule has 7 heteroatoms. The van der Waals surface area contributed by atoms with Crippen molar-refractivity contribution in [2.24, 2.45) is 0 Å². The highest BCUT2D eigenvalue weighted by Gasteiger charge is 2.16. The number of nitrogens with zero attached hydrogens (tertiary/aromatic N) is 2. The number of anilines is 1. The molecule has 2 aromatic heterocycles. The van der Waals surface area contributed by atoms with Crippen LogP contribution in [0.2, 0.25) is 0 Å². The van der Waals surface area contributed by atoms with Gasteiger partial charge in [-0.25, -0.2) is 9.97 Å². The van der Waals surface area contributed by atoms with Crippen molar-refractivity contribution in [3.63, 3.8) is 0 Å². The summed E-state index contributed by atoms with van der Waals surface area (Å²) in [4.78, 5) is 10.4. The highest BCUT2D eigenvalue weighted by atomic mass is 79.9. The molecule has 0 amide bonds. The fourth-order valence-electron chi connectivity index (χ4n) is 2.65. The number of hydrogen-bond acceptors (Lipinski definition) is 6. The quantitative estimate of drug-likeness (QED) is 0.608. The molecule has 3 rings (SSSR count). The van der Waals surface area contributed by atoms with Crippen molar-refractivity contribution in [1.82, 2.24) is 9.97 Å². The highest BCUT2D eigenvalue weighted by molar-refractivity contribution is 9.11. The summed E-state index contributed by atoms with van der Waals surface area (Å²) >= 11 is 5.32. The molecular formula is C18H20BrN3O2S. The van der Waals surface area contributed by atoms with Crippen LogP contribution in [0.4, 0.5) is 5.82 Å². The van der Waals surface area contributed by atoms with Crippen molar-refractivity contribution in [2.75, 3.05) is 19.5 Å². The molecule has 1 unspecified atom stereocenters. The van der Waals surface area contributed by atoms with Crippen LogP contribution >= 0.6 is 27.3 Å². The van der Waals surface area contributed by atoms with Crippen molar-refractivity contribution in [1.29, 1.82) is 0 Å². The van der Waals surface area contributed by atoms with Gasteiger partial charge in [0.15, 0.2) is 11.5 Å². The normalized spacial score (nSPS) is 12.2. The Labute approximate surface area is 159 Å². The van der Waals surface area contributed by atoms with Crippen LogP contribution in [0.15, 0.2) is 22.0 Å². The molecule has 0 radical (unpaired) electrons. The van der Waals surface area contributed by atoms with Crippen LogP contribution in [0.1, 0.15) is 29.2 Å². The molecule has 0 saturated carbocycles. The number of benzene rings is 1. The van der Waals surface area contributed by atoms with E-state index in [0.29, 0.717) is 17.3 Å². The summed E-state index contributed by atoms with van der Waals surface area (Å²) < 4.78 is 12.0. The highest BCUT2D eigenvalue weighted by Crippen LogP contribution is 2.36. The number of rotatable bonds is 5. The molecule has 1 N–H and O–H groups in total. The molecule has 3 aromatic rings. The SMILES string of the molecule is COc1cc2nc(C)nc(NC(C)c3cc(C)c(Br)s3)c2cc1OC. The third kappa shape index (κ3) is 3.57. The molecular weight excluding hydrogens is 402 g/mol. The molecule has 0 saturated heterocycles. The van der Waals surface area contributed by atoms with Crippen LogP contribution in [0.5, 0.6) is 11.5 Å². The summed E-state index contributed by atoms with van der Waals surface area (Å²) in [5.74, 6) is 2.81. The Morgan fingerprint density at radius 2 is 1.76 bits per heavy atom. The zero-order chi connectivity index (χ0) is 18.1. The second-order valence-electron chi connectivity index (χ2n) is 5.82. The van der Waals surface area contributed by atoms with E-state index in [-0.39, 0.29) is 6.04 Å². The molecule has 0 aliphatic rings. The van der Waals surface area contributed by atoms with Gasteiger partial charge in [0.2, 0.25) is 0 Å². The fraction of sp³-hybridized carbons (Fsp3) is 0.333. The van der Waals surface area contributed by atoms with Gasteiger partial charge in [-0.05, 0) is 54.4 Å². The van der Waals surface area contributed by atoms with E-state index in [1.165, 1.54) is 10.4 Å². The number of aryl methyl sites for hydroxylation is 2. The maximum absolute atomic E-state index is 5.43. The number of hydrogen-bond donors (Lipinski definition) is 1. The van der Waals surface area contributed by atoms with Gasteiger partial charge in [0.25, 0.3) is 0 Å². The van der Waals surface area contributed by atoms with Crippen LogP contribution in [0, 0.1) is 13.8 Å². The number of halogens is 1. The minimum atomic E-state index is 0.126. The van der Waals surface area contributed by atoms with Gasteiger partial charge in [0.05, 0.1) is 29.6 Å². The summed E-state index contributed by atoms with van der Waals surface area (Å²) in [5.41, 5.74) is 2.06. The number of thiophene rings is 1. The van der Waals surface area contributed by atoms with Crippen molar-refractivity contribution in [2.45, 2.75) is 26.8 Å². The number of aromatic nitrogens is 2. The first-order valence-corrected chi connectivity index (χ1v) is 9.46. The molecule has 0 aliphatic heterocycles. The van der Waals surface area contributed by atoms with Gasteiger partial charge >= 0.3 is 0 Å². The minimum absolute atomic E-state index is 0.126. The van der Waals surface area contributed by atoms with Gasteiger partial charge in [-0.15, -0.1) is 11.3 Å². The monoisotopic (exact) mass is 421 g/mol. The van der Waals surface area contributed by atoms with Crippen LogP contribution in [-0.4, -0.2) is 24.2 Å². The minimum Gasteiger partial charge on any atom is -0.493 e. The van der Waals surface area contributed by atoms with E-state index in [1.54, 1.807) is 25.6 Å². The number of nitrogens with one attached hydrogen (secondary N) is 1. The lowest BCUT2D eigenvalue weighted by atomic mass is 10.2. The fourth-order valence-corrected chi connectivity index (χ4v) is 4.23. The average molecular weight is 422 g/mol. The van der Waals surface area contributed by atoms with E-state index in [0.717, 1.165) is 20.5 Å². The van der Waals surface area contributed by atoms with Gasteiger partial charge in [-0.2, -0.15) is 0 Å². The molecule has 5 nitrogen and oxygen atoms in total. The van der Waals surface area contributed by atoms with E-state index in [1.807, 2.05) is 19.1 Å². The van der Waals surface area contributed by atoms with Crippen molar-refractivity contribution in [3.8, 4) is 11.5 Å². The first-order chi connectivity index (χ1) is 11.9. The van der Waals surface area contributed by atoms with E-state index in [9.17, 15) is 0 Å². The Morgan fingerprint density at radius 3 is 2.36 bits per heavy atom. The summed E-state index contributed by atoms with van der Waals surface area (Å²) in [5, 5.41) is 4.42. The summed E-state index contributed by atoms with van der Waals surface area (Å²) in [7, 11) is 3.25. The maximum atomic E-state index is 5.43. The second-order valence-corrected chi connectivity index (χ2v) is 8.22. The molecule has 0 aliphatic carbocycles. The van der Waals surface area contributed by atoms with Crippen molar-refractivity contribution >= 4 is 44.0 Å². The molecule has 0 bridgehead atoms. The van der Waals surface area contributed by atoms with Gasteiger partial charge in [0, 0.05) is 16.3 Å².